The van der Waals surface area contributed by atoms with E-state index in [4.69, 9.17) is 0 Å². The highest BCUT2D eigenvalue weighted by Crippen LogP contribution is 2.38. The number of hydrogen-bond donors (Lipinski definition) is 0. The summed E-state index contributed by atoms with van der Waals surface area (Å²) < 4.78 is 105. The summed E-state index contributed by atoms with van der Waals surface area (Å²) in [4.78, 5) is 26.9. The lowest BCUT2D eigenvalue weighted by Crippen LogP contribution is -2.43. The lowest BCUT2D eigenvalue weighted by atomic mass is 10.0. The maximum atomic E-state index is 13.6. The first kappa shape index (κ1) is 23.5. The van der Waals surface area contributed by atoms with Crippen LogP contribution in [-0.4, -0.2) is 22.4 Å². The molecule has 1 fully saturated rings. The molecular formula is C20H14F8N2O2. The van der Waals surface area contributed by atoms with Gasteiger partial charge in [-0.05, 0) is 49.7 Å². The van der Waals surface area contributed by atoms with Gasteiger partial charge in [-0.1, -0.05) is 0 Å². The van der Waals surface area contributed by atoms with Crippen LogP contribution in [0.4, 0.5) is 45.6 Å². The fourth-order valence-corrected chi connectivity index (χ4v) is 3.25. The fraction of sp³-hybridized carbons (Fsp3) is 0.300. The molecule has 12 heteroatoms. The number of hydrogen-bond acceptors (Lipinski definition) is 2. The number of carbonyl (C=O) groups excluding carboxylic acids is 2. The van der Waals surface area contributed by atoms with Crippen molar-refractivity contribution in [1.29, 1.82) is 0 Å². The van der Waals surface area contributed by atoms with E-state index in [0.29, 0.717) is 29.2 Å². The summed E-state index contributed by atoms with van der Waals surface area (Å²) in [5, 5.41) is 0. The van der Waals surface area contributed by atoms with Crippen LogP contribution in [0.2, 0.25) is 0 Å². The average molecular weight is 466 g/mol. The second kappa shape index (κ2) is 7.45. The fourth-order valence-electron chi connectivity index (χ4n) is 3.25. The van der Waals surface area contributed by atoms with Crippen LogP contribution < -0.4 is 4.90 Å². The molecule has 1 aliphatic rings. The maximum Gasteiger partial charge on any atom is 0.416 e. The second-order valence-electron chi connectivity index (χ2n) is 7.58. The Morgan fingerprint density at radius 3 is 1.81 bits per heavy atom. The summed E-state index contributed by atoms with van der Waals surface area (Å²) in [6.45, 7) is 1.68. The van der Waals surface area contributed by atoms with Crippen LogP contribution >= 0.6 is 0 Å². The van der Waals surface area contributed by atoms with E-state index in [-0.39, 0.29) is 11.8 Å². The number of amides is 3. The van der Waals surface area contributed by atoms with Gasteiger partial charge in [0.15, 0.2) is 11.6 Å². The number of urea groups is 1. The van der Waals surface area contributed by atoms with Crippen molar-refractivity contribution in [1.82, 2.24) is 4.90 Å². The van der Waals surface area contributed by atoms with Crippen LogP contribution in [0.25, 0.3) is 0 Å². The molecule has 0 aromatic heterocycles. The van der Waals surface area contributed by atoms with E-state index in [0.717, 1.165) is 11.0 Å². The number of benzene rings is 2. The van der Waals surface area contributed by atoms with Crippen molar-refractivity contribution >= 4 is 17.6 Å². The first-order chi connectivity index (χ1) is 14.5. The van der Waals surface area contributed by atoms with Gasteiger partial charge < -0.3 is 4.90 Å². The molecule has 3 rings (SSSR count). The Bertz CT molecular complexity index is 1060. The van der Waals surface area contributed by atoms with Crippen molar-refractivity contribution in [2.45, 2.75) is 38.3 Å². The van der Waals surface area contributed by atoms with Crippen molar-refractivity contribution < 1.29 is 44.7 Å². The second-order valence-corrected chi connectivity index (χ2v) is 7.58. The number of halogens is 8. The standard InChI is InChI=1S/C20H14F8N2O2/c1-18(2)16(31)30(13-3-4-14(21)15(22)8-13)17(32)29(18)9-10-5-11(19(23,24)25)7-12(6-10)20(26,27)28/h3-8H,9H2,1-2H3. The normalized spacial score (nSPS) is 16.8. The summed E-state index contributed by atoms with van der Waals surface area (Å²) in [6.07, 6.45) is -10.2. The Morgan fingerprint density at radius 1 is 0.812 bits per heavy atom. The molecule has 0 spiro atoms. The van der Waals surface area contributed by atoms with Gasteiger partial charge in [-0.3, -0.25) is 4.79 Å². The molecule has 172 valence electrons. The monoisotopic (exact) mass is 466 g/mol. The summed E-state index contributed by atoms with van der Waals surface area (Å²) in [5.41, 5.74) is -5.71. The number of rotatable bonds is 3. The minimum Gasteiger partial charge on any atom is -0.305 e. The van der Waals surface area contributed by atoms with Crippen molar-refractivity contribution in [3.05, 3.63) is 64.7 Å². The van der Waals surface area contributed by atoms with E-state index in [2.05, 4.69) is 0 Å². The van der Waals surface area contributed by atoms with E-state index in [1.807, 2.05) is 0 Å². The molecule has 0 unspecified atom stereocenters. The highest BCUT2D eigenvalue weighted by atomic mass is 19.4. The zero-order chi connectivity index (χ0) is 24.2. The van der Waals surface area contributed by atoms with Crippen molar-refractivity contribution in [2.24, 2.45) is 0 Å². The van der Waals surface area contributed by atoms with Crippen LogP contribution in [-0.2, 0) is 23.7 Å². The minimum atomic E-state index is -5.09. The summed E-state index contributed by atoms with van der Waals surface area (Å²) in [7, 11) is 0. The largest absolute Gasteiger partial charge is 0.416 e. The predicted octanol–water partition coefficient (Wildman–Crippen LogP) is 5.75. The molecule has 4 nitrogen and oxygen atoms in total. The number of anilines is 1. The summed E-state index contributed by atoms with van der Waals surface area (Å²) in [6, 6.07) is 1.92. The minimum absolute atomic E-state index is 0.0564. The van der Waals surface area contributed by atoms with Crippen LogP contribution in [0.3, 0.4) is 0 Å². The predicted molar refractivity (Wildman–Crippen MR) is 95.3 cm³/mol. The zero-order valence-electron chi connectivity index (χ0n) is 16.4. The van der Waals surface area contributed by atoms with Gasteiger partial charge in [0.1, 0.15) is 5.54 Å². The van der Waals surface area contributed by atoms with E-state index in [9.17, 15) is 44.7 Å². The Balaban J connectivity index is 2.04. The molecular weight excluding hydrogens is 452 g/mol. The topological polar surface area (TPSA) is 40.6 Å². The molecule has 0 saturated carbocycles. The van der Waals surface area contributed by atoms with Crippen LogP contribution in [0.15, 0.2) is 36.4 Å². The number of imide groups is 1. The van der Waals surface area contributed by atoms with Gasteiger partial charge in [0, 0.05) is 12.6 Å². The first-order valence-corrected chi connectivity index (χ1v) is 8.93. The lowest BCUT2D eigenvalue weighted by Gasteiger charge is -2.28. The Morgan fingerprint density at radius 2 is 1.34 bits per heavy atom. The molecule has 1 saturated heterocycles. The molecule has 1 aliphatic heterocycles. The van der Waals surface area contributed by atoms with Gasteiger partial charge in [-0.25, -0.2) is 18.5 Å². The molecule has 0 aliphatic carbocycles. The third-order valence-corrected chi connectivity index (χ3v) is 4.97. The molecule has 0 radical (unpaired) electrons. The van der Waals surface area contributed by atoms with E-state index in [1.165, 1.54) is 13.8 Å². The summed E-state index contributed by atoms with van der Waals surface area (Å²) >= 11 is 0. The Kier molecular flexibility index (Phi) is 5.47. The SMILES string of the molecule is CC1(C)C(=O)N(c2ccc(F)c(F)c2)C(=O)N1Cc1cc(C(F)(F)F)cc(C(F)(F)F)c1. The molecule has 2 aromatic rings. The lowest BCUT2D eigenvalue weighted by molar-refractivity contribution is -0.143. The van der Waals surface area contributed by atoms with Gasteiger partial charge in [0.2, 0.25) is 0 Å². The number of nitrogens with zero attached hydrogens (tertiary/aromatic N) is 2. The van der Waals surface area contributed by atoms with Crippen molar-refractivity contribution in [3.63, 3.8) is 0 Å². The number of alkyl halides is 6. The highest BCUT2D eigenvalue weighted by Gasteiger charge is 2.52. The summed E-state index contributed by atoms with van der Waals surface area (Å²) in [5.74, 6) is -3.52. The highest BCUT2D eigenvalue weighted by molar-refractivity contribution is 6.22. The molecule has 0 atom stereocenters. The van der Waals surface area contributed by atoms with Gasteiger partial charge in [0.05, 0.1) is 16.8 Å². The number of carbonyl (C=O) groups is 2. The molecule has 0 bridgehead atoms. The molecule has 3 amide bonds. The molecule has 2 aromatic carbocycles. The van der Waals surface area contributed by atoms with Crippen molar-refractivity contribution in [2.75, 3.05) is 4.90 Å². The van der Waals surface area contributed by atoms with Gasteiger partial charge in [-0.15, -0.1) is 0 Å². The first-order valence-electron chi connectivity index (χ1n) is 8.93. The van der Waals surface area contributed by atoms with Gasteiger partial charge in [0.25, 0.3) is 5.91 Å². The van der Waals surface area contributed by atoms with Crippen LogP contribution in [0.5, 0.6) is 0 Å². The smallest absolute Gasteiger partial charge is 0.305 e. The Labute approximate surface area is 176 Å². The van der Waals surface area contributed by atoms with Crippen LogP contribution in [0, 0.1) is 11.6 Å². The maximum absolute atomic E-state index is 13.6. The third kappa shape index (κ3) is 4.13. The van der Waals surface area contributed by atoms with E-state index >= 15 is 0 Å². The van der Waals surface area contributed by atoms with Gasteiger partial charge in [-0.2, -0.15) is 26.3 Å². The quantitative estimate of drug-likeness (QED) is 0.427. The molecule has 32 heavy (non-hydrogen) atoms. The average Bonchev–Trinajstić information content (AvgIpc) is 2.82. The third-order valence-electron chi connectivity index (χ3n) is 4.97. The van der Waals surface area contributed by atoms with Crippen molar-refractivity contribution in [3.8, 4) is 0 Å². The molecule has 1 heterocycles. The van der Waals surface area contributed by atoms with E-state index in [1.54, 1.807) is 0 Å². The van der Waals surface area contributed by atoms with Gasteiger partial charge >= 0.3 is 18.4 Å². The van der Waals surface area contributed by atoms with Crippen LogP contribution in [0.1, 0.15) is 30.5 Å². The Hall–Kier alpha value is -3.18. The zero-order valence-corrected chi connectivity index (χ0v) is 16.4. The van der Waals surface area contributed by atoms with E-state index < -0.39 is 64.7 Å². The molecule has 0 N–H and O–H groups in total.